The first kappa shape index (κ1) is 17.4. The normalized spacial score (nSPS) is 31.4. The zero-order valence-corrected chi connectivity index (χ0v) is 15.9. The van der Waals surface area contributed by atoms with Crippen molar-refractivity contribution in [2.75, 3.05) is 32.8 Å². The Labute approximate surface area is 150 Å². The number of nitrogens with zero attached hydrogens (tertiary/aromatic N) is 4. The molecular weight excluding hydrogens is 316 g/mol. The number of hydrogen-bond donors (Lipinski definition) is 0. The maximum Gasteiger partial charge on any atom is 0.240 e. The van der Waals surface area contributed by atoms with Gasteiger partial charge in [0.1, 0.15) is 6.10 Å². The molecule has 3 saturated heterocycles. The topological polar surface area (TPSA) is 54.6 Å². The lowest BCUT2D eigenvalue weighted by atomic mass is 9.90. The lowest BCUT2D eigenvalue weighted by molar-refractivity contribution is 0.0402. The molecule has 0 N–H and O–H groups in total. The maximum atomic E-state index is 5.79. The van der Waals surface area contributed by atoms with Gasteiger partial charge in [0.2, 0.25) is 5.89 Å². The summed E-state index contributed by atoms with van der Waals surface area (Å²) < 4.78 is 11.3. The highest BCUT2D eigenvalue weighted by Crippen LogP contribution is 2.40. The van der Waals surface area contributed by atoms with Gasteiger partial charge in [-0.3, -0.25) is 9.80 Å². The van der Waals surface area contributed by atoms with Gasteiger partial charge in [0.25, 0.3) is 0 Å². The van der Waals surface area contributed by atoms with Crippen molar-refractivity contribution in [2.24, 2.45) is 17.8 Å². The molecule has 0 saturated carbocycles. The zero-order chi connectivity index (χ0) is 17.4. The Bertz CT molecular complexity index is 576. The highest BCUT2D eigenvalue weighted by atomic mass is 16.5. The minimum atomic E-state index is -0.103. The van der Waals surface area contributed by atoms with Crippen LogP contribution in [0.15, 0.2) is 4.52 Å². The van der Waals surface area contributed by atoms with Crippen molar-refractivity contribution in [1.29, 1.82) is 0 Å². The van der Waals surface area contributed by atoms with E-state index in [0.717, 1.165) is 36.9 Å². The van der Waals surface area contributed by atoms with E-state index in [1.807, 2.05) is 6.92 Å². The van der Waals surface area contributed by atoms with Crippen LogP contribution in [0.3, 0.4) is 0 Å². The van der Waals surface area contributed by atoms with Gasteiger partial charge in [0, 0.05) is 32.3 Å². The molecule has 1 aromatic rings. The van der Waals surface area contributed by atoms with Crippen molar-refractivity contribution >= 4 is 0 Å². The van der Waals surface area contributed by atoms with E-state index >= 15 is 0 Å². The zero-order valence-electron chi connectivity index (χ0n) is 15.9. The Balaban J connectivity index is 1.31. The van der Waals surface area contributed by atoms with E-state index in [4.69, 9.17) is 9.26 Å². The molecule has 4 heterocycles. The average molecular weight is 348 g/mol. The predicted octanol–water partition coefficient (Wildman–Crippen LogP) is 2.72. The minimum Gasteiger partial charge on any atom is -0.370 e. The van der Waals surface area contributed by atoms with E-state index in [2.05, 4.69) is 33.8 Å². The molecule has 0 amide bonds. The number of piperidine rings is 1. The van der Waals surface area contributed by atoms with Crippen molar-refractivity contribution in [3.05, 3.63) is 11.7 Å². The molecule has 3 fully saturated rings. The molecule has 1 aromatic heterocycles. The lowest BCUT2D eigenvalue weighted by Gasteiger charge is -2.33. The van der Waals surface area contributed by atoms with Gasteiger partial charge in [-0.05, 0) is 44.1 Å². The van der Waals surface area contributed by atoms with Crippen molar-refractivity contribution in [3.63, 3.8) is 0 Å². The van der Waals surface area contributed by atoms with Gasteiger partial charge in [-0.1, -0.05) is 25.4 Å². The van der Waals surface area contributed by atoms with E-state index in [9.17, 15) is 0 Å². The first-order chi connectivity index (χ1) is 12.1. The van der Waals surface area contributed by atoms with Gasteiger partial charge in [-0.25, -0.2) is 0 Å². The molecule has 3 aliphatic heterocycles. The van der Waals surface area contributed by atoms with Gasteiger partial charge in [0.05, 0.1) is 6.54 Å². The molecule has 6 heteroatoms. The van der Waals surface area contributed by atoms with Gasteiger partial charge in [0.15, 0.2) is 5.82 Å². The van der Waals surface area contributed by atoms with Crippen molar-refractivity contribution < 1.29 is 9.26 Å². The van der Waals surface area contributed by atoms with E-state index in [1.54, 1.807) is 0 Å². The second-order valence-electron chi connectivity index (χ2n) is 8.59. The van der Waals surface area contributed by atoms with Crippen LogP contribution in [-0.4, -0.2) is 58.8 Å². The molecule has 0 spiro atoms. The maximum absolute atomic E-state index is 5.79. The summed E-state index contributed by atoms with van der Waals surface area (Å²) >= 11 is 0. The summed E-state index contributed by atoms with van der Waals surface area (Å²) in [4.78, 5) is 9.83. The summed E-state index contributed by atoms with van der Waals surface area (Å²) in [7, 11) is 0. The minimum absolute atomic E-state index is 0.103. The third kappa shape index (κ3) is 3.76. The summed E-state index contributed by atoms with van der Waals surface area (Å²) in [6.45, 7) is 12.8. The molecule has 0 aromatic carbocycles. The first-order valence-electron chi connectivity index (χ1n) is 10.0. The Morgan fingerprint density at radius 3 is 2.92 bits per heavy atom. The van der Waals surface area contributed by atoms with E-state index < -0.39 is 0 Å². The summed E-state index contributed by atoms with van der Waals surface area (Å²) in [5.41, 5.74) is 0. The second-order valence-corrected chi connectivity index (χ2v) is 8.59. The first-order valence-corrected chi connectivity index (χ1v) is 10.0. The molecule has 140 valence electrons. The average Bonchev–Trinajstić information content (AvgIpc) is 3.27. The molecule has 25 heavy (non-hydrogen) atoms. The molecule has 3 aliphatic rings. The van der Waals surface area contributed by atoms with Crippen LogP contribution in [0.25, 0.3) is 0 Å². The smallest absolute Gasteiger partial charge is 0.240 e. The largest absolute Gasteiger partial charge is 0.370 e. The number of likely N-dealkylation sites (tertiary alicyclic amines) is 1. The Morgan fingerprint density at radius 1 is 1.20 bits per heavy atom. The van der Waals surface area contributed by atoms with Crippen LogP contribution in [0.4, 0.5) is 0 Å². The van der Waals surface area contributed by atoms with Crippen LogP contribution in [0.5, 0.6) is 0 Å². The molecule has 6 nitrogen and oxygen atoms in total. The second kappa shape index (κ2) is 7.33. The number of hydrogen-bond acceptors (Lipinski definition) is 6. The summed E-state index contributed by atoms with van der Waals surface area (Å²) in [6, 6.07) is 0.825. The van der Waals surface area contributed by atoms with Gasteiger partial charge in [-0.15, -0.1) is 0 Å². The molecule has 4 rings (SSSR count). The summed E-state index contributed by atoms with van der Waals surface area (Å²) in [5, 5.41) is 4.13. The third-order valence-corrected chi connectivity index (χ3v) is 6.08. The van der Waals surface area contributed by atoms with Crippen LogP contribution < -0.4 is 0 Å². The lowest BCUT2D eigenvalue weighted by Crippen LogP contribution is -2.39. The highest BCUT2D eigenvalue weighted by Gasteiger charge is 2.47. The van der Waals surface area contributed by atoms with Crippen LogP contribution in [0, 0.1) is 17.8 Å². The van der Waals surface area contributed by atoms with Crippen molar-refractivity contribution in [2.45, 2.75) is 58.7 Å². The van der Waals surface area contributed by atoms with Gasteiger partial charge >= 0.3 is 0 Å². The van der Waals surface area contributed by atoms with Crippen molar-refractivity contribution in [3.8, 4) is 0 Å². The summed E-state index contributed by atoms with van der Waals surface area (Å²) in [6.07, 6.45) is 4.09. The Morgan fingerprint density at radius 2 is 2.08 bits per heavy atom. The molecule has 0 bridgehead atoms. The standard InChI is InChI=1S/C19H32N4O2/c1-13(2)12-24-14(3)19-20-18(25-21-19)11-22-8-15-9-23-7-5-4-6-17(23)16(15)10-22/h13-17H,4-12H2,1-3H3/t14-,15-,16+,17-/m1/s1. The Hall–Kier alpha value is -0.980. The van der Waals surface area contributed by atoms with Crippen molar-refractivity contribution in [1.82, 2.24) is 19.9 Å². The van der Waals surface area contributed by atoms with E-state index in [-0.39, 0.29) is 6.10 Å². The SMILES string of the molecule is CC(C)CO[C@H](C)c1noc(CN2C[C@@H]3CN4CCCC[C@@H]4[C@H]3C2)n1. The van der Waals surface area contributed by atoms with Crippen LogP contribution >= 0.6 is 0 Å². The van der Waals surface area contributed by atoms with E-state index in [0.29, 0.717) is 11.7 Å². The fourth-order valence-electron chi connectivity index (χ4n) is 4.88. The molecule has 0 radical (unpaired) electrons. The summed E-state index contributed by atoms with van der Waals surface area (Å²) in [5.74, 6) is 3.59. The predicted molar refractivity (Wildman–Crippen MR) is 95.0 cm³/mol. The molecular formula is C19H32N4O2. The fourth-order valence-corrected chi connectivity index (χ4v) is 4.88. The molecule has 0 unspecified atom stereocenters. The quantitative estimate of drug-likeness (QED) is 0.788. The number of ether oxygens (including phenoxy) is 1. The molecule has 0 aliphatic carbocycles. The van der Waals surface area contributed by atoms with Gasteiger partial charge < -0.3 is 9.26 Å². The fraction of sp³-hybridized carbons (Fsp3) is 0.895. The highest BCUT2D eigenvalue weighted by molar-refractivity contribution is 5.01. The van der Waals surface area contributed by atoms with Crippen LogP contribution in [0.2, 0.25) is 0 Å². The van der Waals surface area contributed by atoms with Gasteiger partial charge in [-0.2, -0.15) is 4.98 Å². The molecule has 4 atom stereocenters. The monoisotopic (exact) mass is 348 g/mol. The van der Waals surface area contributed by atoms with Crippen LogP contribution in [0.1, 0.15) is 57.9 Å². The third-order valence-electron chi connectivity index (χ3n) is 6.08. The number of rotatable bonds is 6. The Kier molecular flexibility index (Phi) is 5.11. The number of fused-ring (bicyclic) bond motifs is 3. The van der Waals surface area contributed by atoms with E-state index in [1.165, 1.54) is 45.4 Å². The number of aromatic nitrogens is 2. The van der Waals surface area contributed by atoms with Crippen LogP contribution in [-0.2, 0) is 11.3 Å².